The molecule has 3 heteroatoms. The molecule has 0 aromatic heterocycles. The van der Waals surface area contributed by atoms with Gasteiger partial charge in [0.15, 0.2) is 0 Å². The molecule has 1 aromatic rings. The number of hydrogen-bond donors (Lipinski definition) is 1. The maximum Gasteiger partial charge on any atom is 0.0743 e. The van der Waals surface area contributed by atoms with E-state index >= 15 is 0 Å². The van der Waals surface area contributed by atoms with Crippen LogP contribution in [0.25, 0.3) is 0 Å². The molecule has 1 N–H and O–H groups in total. The monoisotopic (exact) mass is 274 g/mol. The Labute approximate surface area is 122 Å². The predicted octanol–water partition coefficient (Wildman–Crippen LogP) is 2.88. The van der Waals surface area contributed by atoms with Crippen LogP contribution >= 0.6 is 0 Å². The van der Waals surface area contributed by atoms with Gasteiger partial charge in [-0.2, -0.15) is 0 Å². The molecule has 0 radical (unpaired) electrons. The zero-order valence-electron chi connectivity index (χ0n) is 12.5. The van der Waals surface area contributed by atoms with Crippen molar-refractivity contribution in [2.45, 2.75) is 38.2 Å². The molecule has 1 fully saturated rings. The molecule has 0 bridgehead atoms. The highest BCUT2D eigenvalue weighted by Gasteiger charge is 2.26. The van der Waals surface area contributed by atoms with Crippen molar-refractivity contribution in [1.82, 2.24) is 0 Å². The lowest BCUT2D eigenvalue weighted by molar-refractivity contribution is 0.0900. The molecular formula is C17H26N2O. The molecule has 20 heavy (non-hydrogen) atoms. The smallest absolute Gasteiger partial charge is 0.0743 e. The Kier molecular flexibility index (Phi) is 4.16. The summed E-state index contributed by atoms with van der Waals surface area (Å²) in [4.78, 5) is 4.67. The van der Waals surface area contributed by atoms with Crippen LogP contribution in [0.5, 0.6) is 0 Å². The summed E-state index contributed by atoms with van der Waals surface area (Å²) >= 11 is 0. The largest absolute Gasteiger partial charge is 0.391 e. The normalized spacial score (nSPS) is 21.7. The minimum atomic E-state index is -0.174. The summed E-state index contributed by atoms with van der Waals surface area (Å²) in [5.41, 5.74) is 2.56. The summed E-state index contributed by atoms with van der Waals surface area (Å²) in [6.07, 6.45) is 6.17. The molecule has 3 nitrogen and oxygen atoms in total. The molecule has 1 heterocycles. The second-order valence-electron chi connectivity index (χ2n) is 6.32. The summed E-state index contributed by atoms with van der Waals surface area (Å²) in [5, 5.41) is 10.6. The quantitative estimate of drug-likeness (QED) is 0.918. The van der Waals surface area contributed by atoms with Crippen LogP contribution in [0.2, 0.25) is 0 Å². The van der Waals surface area contributed by atoms with E-state index in [1.165, 1.54) is 43.5 Å². The van der Waals surface area contributed by atoms with Gasteiger partial charge in [-0.15, -0.1) is 0 Å². The van der Waals surface area contributed by atoms with Gasteiger partial charge in [0, 0.05) is 26.7 Å². The van der Waals surface area contributed by atoms with E-state index in [9.17, 15) is 5.11 Å². The van der Waals surface area contributed by atoms with E-state index in [2.05, 4.69) is 41.1 Å². The van der Waals surface area contributed by atoms with E-state index in [1.54, 1.807) is 0 Å². The van der Waals surface area contributed by atoms with Crippen LogP contribution in [0.15, 0.2) is 24.3 Å². The van der Waals surface area contributed by atoms with Crippen molar-refractivity contribution in [3.05, 3.63) is 24.3 Å². The van der Waals surface area contributed by atoms with Gasteiger partial charge in [0.1, 0.15) is 0 Å². The molecular weight excluding hydrogens is 248 g/mol. The first-order chi connectivity index (χ1) is 9.75. The van der Waals surface area contributed by atoms with Gasteiger partial charge in [0.25, 0.3) is 0 Å². The van der Waals surface area contributed by atoms with Crippen LogP contribution in [-0.2, 0) is 0 Å². The van der Waals surface area contributed by atoms with Crippen molar-refractivity contribution in [2.24, 2.45) is 5.92 Å². The van der Waals surface area contributed by atoms with Crippen molar-refractivity contribution in [3.63, 3.8) is 0 Å². The van der Waals surface area contributed by atoms with E-state index in [4.69, 9.17) is 0 Å². The number of hydrogen-bond acceptors (Lipinski definition) is 3. The van der Waals surface area contributed by atoms with Crippen LogP contribution < -0.4 is 9.80 Å². The van der Waals surface area contributed by atoms with Gasteiger partial charge < -0.3 is 14.9 Å². The Hall–Kier alpha value is -1.22. The van der Waals surface area contributed by atoms with Crippen LogP contribution in [0.3, 0.4) is 0 Å². The third-order valence-corrected chi connectivity index (χ3v) is 4.94. The predicted molar refractivity (Wildman–Crippen MR) is 84.5 cm³/mol. The Bertz CT molecular complexity index is 442. The second-order valence-corrected chi connectivity index (χ2v) is 6.32. The first-order valence-corrected chi connectivity index (χ1v) is 7.99. The molecule has 1 unspecified atom stereocenters. The number of rotatable bonds is 3. The molecule has 0 saturated heterocycles. The molecule has 0 spiro atoms. The fraction of sp³-hybridized carbons (Fsp3) is 0.647. The molecule has 1 aliphatic carbocycles. The van der Waals surface area contributed by atoms with Gasteiger partial charge in [-0.3, -0.25) is 0 Å². The van der Waals surface area contributed by atoms with Crippen LogP contribution in [-0.4, -0.2) is 37.9 Å². The zero-order chi connectivity index (χ0) is 13.9. The van der Waals surface area contributed by atoms with E-state index in [1.807, 2.05) is 0 Å². The fourth-order valence-electron chi connectivity index (χ4n) is 3.65. The van der Waals surface area contributed by atoms with Gasteiger partial charge in [-0.1, -0.05) is 31.4 Å². The zero-order valence-corrected chi connectivity index (χ0v) is 12.5. The van der Waals surface area contributed by atoms with Gasteiger partial charge in [-0.05, 0) is 30.9 Å². The fourth-order valence-corrected chi connectivity index (χ4v) is 3.65. The number of nitrogens with zero attached hydrogens (tertiary/aromatic N) is 2. The first kappa shape index (κ1) is 13.7. The number of para-hydroxylation sites is 2. The maximum atomic E-state index is 10.6. The minimum Gasteiger partial charge on any atom is -0.391 e. The van der Waals surface area contributed by atoms with Crippen molar-refractivity contribution < 1.29 is 5.11 Å². The molecule has 0 amide bonds. The SMILES string of the molecule is CN1CCN(CC(O)C2CCCCC2)c2ccccc21. The Morgan fingerprint density at radius 3 is 2.55 bits per heavy atom. The molecule has 1 saturated carbocycles. The summed E-state index contributed by atoms with van der Waals surface area (Å²) in [6.45, 7) is 2.83. The average molecular weight is 274 g/mol. The van der Waals surface area contributed by atoms with Gasteiger partial charge >= 0.3 is 0 Å². The van der Waals surface area contributed by atoms with Crippen molar-refractivity contribution >= 4 is 11.4 Å². The number of aliphatic hydroxyl groups excluding tert-OH is 1. The Morgan fingerprint density at radius 1 is 1.10 bits per heavy atom. The van der Waals surface area contributed by atoms with Gasteiger partial charge in [-0.25, -0.2) is 0 Å². The van der Waals surface area contributed by atoms with Gasteiger partial charge in [0.05, 0.1) is 17.5 Å². The number of benzene rings is 1. The van der Waals surface area contributed by atoms with E-state index < -0.39 is 0 Å². The van der Waals surface area contributed by atoms with Crippen molar-refractivity contribution in [3.8, 4) is 0 Å². The summed E-state index contributed by atoms with van der Waals surface area (Å²) in [7, 11) is 2.15. The highest BCUT2D eigenvalue weighted by Crippen LogP contribution is 2.33. The molecule has 1 atom stereocenters. The van der Waals surface area contributed by atoms with E-state index in [-0.39, 0.29) is 6.10 Å². The number of aliphatic hydroxyl groups is 1. The lowest BCUT2D eigenvalue weighted by Gasteiger charge is -2.39. The number of β-amino-alcohol motifs (C(OH)–C–C–N with tert-alkyl or cyclic N) is 1. The van der Waals surface area contributed by atoms with Crippen molar-refractivity contribution in [2.75, 3.05) is 36.5 Å². The van der Waals surface area contributed by atoms with Crippen LogP contribution in [0.4, 0.5) is 11.4 Å². The number of likely N-dealkylation sites (N-methyl/N-ethyl adjacent to an activating group) is 1. The summed E-state index contributed by atoms with van der Waals surface area (Å²) < 4.78 is 0. The third kappa shape index (κ3) is 2.78. The highest BCUT2D eigenvalue weighted by atomic mass is 16.3. The molecule has 1 aliphatic heterocycles. The summed E-state index contributed by atoms with van der Waals surface area (Å²) in [5.74, 6) is 0.510. The average Bonchev–Trinajstić information content (AvgIpc) is 2.51. The number of fused-ring (bicyclic) bond motifs is 1. The van der Waals surface area contributed by atoms with E-state index in [0.29, 0.717) is 5.92 Å². The maximum absolute atomic E-state index is 10.6. The number of anilines is 2. The molecule has 1 aromatic carbocycles. The topological polar surface area (TPSA) is 26.7 Å². The van der Waals surface area contributed by atoms with Crippen LogP contribution in [0.1, 0.15) is 32.1 Å². The van der Waals surface area contributed by atoms with Crippen molar-refractivity contribution in [1.29, 1.82) is 0 Å². The van der Waals surface area contributed by atoms with Crippen LogP contribution in [0, 0.1) is 5.92 Å². The third-order valence-electron chi connectivity index (χ3n) is 4.94. The lowest BCUT2D eigenvalue weighted by Crippen LogP contribution is -2.44. The second kappa shape index (κ2) is 6.04. The first-order valence-electron chi connectivity index (χ1n) is 7.99. The molecule has 2 aliphatic rings. The highest BCUT2D eigenvalue weighted by molar-refractivity contribution is 5.73. The molecule has 110 valence electrons. The van der Waals surface area contributed by atoms with E-state index in [0.717, 1.165) is 19.6 Å². The molecule has 3 rings (SSSR count). The minimum absolute atomic E-state index is 0.174. The lowest BCUT2D eigenvalue weighted by atomic mass is 9.85. The Morgan fingerprint density at radius 2 is 1.80 bits per heavy atom. The van der Waals surface area contributed by atoms with Gasteiger partial charge in [0.2, 0.25) is 0 Å². The summed E-state index contributed by atoms with van der Waals surface area (Å²) in [6, 6.07) is 8.54. The Balaban J connectivity index is 1.70. The standard InChI is InChI=1S/C17H26N2O/c1-18-11-12-19(16-10-6-5-9-15(16)18)13-17(20)14-7-3-2-4-8-14/h5-6,9-10,14,17,20H,2-4,7-8,11-13H2,1H3.